The molecule has 0 atom stereocenters. The normalized spacial score (nSPS) is 10.9. The summed E-state index contributed by atoms with van der Waals surface area (Å²) in [6, 6.07) is 15.9. The smallest absolute Gasteiger partial charge is 0.169 e. The fourth-order valence-electron chi connectivity index (χ4n) is 2.45. The largest absolute Gasteiger partial charge is 0.497 e. The summed E-state index contributed by atoms with van der Waals surface area (Å²) >= 11 is 1.72. The molecule has 0 saturated heterocycles. The number of hydrogen-bond donors (Lipinski definition) is 0. The van der Waals surface area contributed by atoms with E-state index in [2.05, 4.69) is 29.7 Å². The van der Waals surface area contributed by atoms with E-state index >= 15 is 0 Å². The van der Waals surface area contributed by atoms with Gasteiger partial charge in [-0.2, -0.15) is 0 Å². The number of methoxy groups -OCH3 is 1. The van der Waals surface area contributed by atoms with Crippen molar-refractivity contribution >= 4 is 22.8 Å². The number of rotatable bonds is 7. The fraction of sp³-hybridized carbons (Fsp3) is 0.278. The van der Waals surface area contributed by atoms with E-state index < -0.39 is 0 Å². The second-order valence-corrected chi connectivity index (χ2v) is 6.07. The molecule has 0 unspecified atom stereocenters. The molecule has 0 amide bonds. The van der Waals surface area contributed by atoms with E-state index in [-0.39, 0.29) is 0 Å². The molecule has 5 heteroatoms. The van der Waals surface area contributed by atoms with Gasteiger partial charge in [-0.1, -0.05) is 30.0 Å². The number of thioether (sulfide) groups is 1. The Bertz CT molecular complexity index is 786. The highest BCUT2D eigenvalue weighted by atomic mass is 32.2. The summed E-state index contributed by atoms with van der Waals surface area (Å²) in [6.45, 7) is 3.69. The van der Waals surface area contributed by atoms with Crippen LogP contribution in [-0.4, -0.2) is 29.0 Å². The Kier molecular flexibility index (Phi) is 5.08. The molecular formula is C18H20N2O2S. The van der Waals surface area contributed by atoms with Crippen LogP contribution in [0.2, 0.25) is 0 Å². The molecule has 0 aliphatic heterocycles. The summed E-state index contributed by atoms with van der Waals surface area (Å²) < 4.78 is 13.2. The van der Waals surface area contributed by atoms with E-state index in [9.17, 15) is 0 Å². The molecule has 0 spiro atoms. The summed E-state index contributed by atoms with van der Waals surface area (Å²) in [5, 5.41) is 1.04. The average molecular weight is 328 g/mol. The number of fused-ring (bicyclic) bond motifs is 1. The average Bonchev–Trinajstić information content (AvgIpc) is 2.96. The van der Waals surface area contributed by atoms with Crippen molar-refractivity contribution in [2.75, 3.05) is 19.5 Å². The van der Waals surface area contributed by atoms with Crippen LogP contribution in [0.15, 0.2) is 53.7 Å². The quantitative estimate of drug-likeness (QED) is 0.480. The van der Waals surface area contributed by atoms with Crippen LogP contribution in [0.1, 0.15) is 6.92 Å². The van der Waals surface area contributed by atoms with Crippen molar-refractivity contribution in [3.8, 4) is 11.5 Å². The van der Waals surface area contributed by atoms with Crippen molar-refractivity contribution in [3.05, 3.63) is 48.5 Å². The maximum absolute atomic E-state index is 5.78. The molecule has 120 valence electrons. The zero-order valence-corrected chi connectivity index (χ0v) is 14.2. The first-order chi connectivity index (χ1) is 11.3. The number of nitrogens with zero attached hydrogens (tertiary/aromatic N) is 2. The maximum atomic E-state index is 5.78. The third-order valence-electron chi connectivity index (χ3n) is 3.56. The van der Waals surface area contributed by atoms with Crippen molar-refractivity contribution in [1.29, 1.82) is 0 Å². The topological polar surface area (TPSA) is 36.3 Å². The summed E-state index contributed by atoms with van der Waals surface area (Å²) in [5.74, 6) is 2.48. The van der Waals surface area contributed by atoms with E-state index in [4.69, 9.17) is 14.5 Å². The Labute approximate surface area is 140 Å². The highest BCUT2D eigenvalue weighted by Crippen LogP contribution is 2.24. The van der Waals surface area contributed by atoms with E-state index in [1.165, 1.54) is 5.52 Å². The van der Waals surface area contributed by atoms with E-state index in [0.29, 0.717) is 6.61 Å². The van der Waals surface area contributed by atoms with Gasteiger partial charge < -0.3 is 14.0 Å². The zero-order valence-electron chi connectivity index (χ0n) is 13.4. The van der Waals surface area contributed by atoms with Gasteiger partial charge in [-0.3, -0.25) is 0 Å². The van der Waals surface area contributed by atoms with Gasteiger partial charge in [-0.25, -0.2) is 4.98 Å². The van der Waals surface area contributed by atoms with Crippen LogP contribution < -0.4 is 9.47 Å². The van der Waals surface area contributed by atoms with Gasteiger partial charge in [-0.15, -0.1) is 0 Å². The van der Waals surface area contributed by atoms with E-state index in [0.717, 1.165) is 34.5 Å². The molecule has 0 aliphatic rings. The Morgan fingerprint density at radius 2 is 1.91 bits per heavy atom. The van der Waals surface area contributed by atoms with Gasteiger partial charge in [0.1, 0.15) is 11.5 Å². The predicted octanol–water partition coefficient (Wildman–Crippen LogP) is 4.24. The molecule has 1 aromatic heterocycles. The van der Waals surface area contributed by atoms with Gasteiger partial charge in [0.25, 0.3) is 0 Å². The van der Waals surface area contributed by atoms with Gasteiger partial charge in [-0.05, 0) is 31.2 Å². The number of imidazole rings is 1. The number of benzene rings is 2. The minimum Gasteiger partial charge on any atom is -0.497 e. The highest BCUT2D eigenvalue weighted by Gasteiger charge is 2.09. The van der Waals surface area contributed by atoms with Gasteiger partial charge in [0.05, 0.1) is 24.8 Å². The van der Waals surface area contributed by atoms with Crippen LogP contribution in [0.25, 0.3) is 11.0 Å². The Morgan fingerprint density at radius 1 is 1.09 bits per heavy atom. The third kappa shape index (κ3) is 3.62. The lowest BCUT2D eigenvalue weighted by Gasteiger charge is -2.08. The number of aryl methyl sites for hydroxylation is 1. The molecule has 2 aromatic carbocycles. The molecule has 0 saturated carbocycles. The van der Waals surface area contributed by atoms with Crippen molar-refractivity contribution < 1.29 is 9.47 Å². The van der Waals surface area contributed by atoms with Gasteiger partial charge >= 0.3 is 0 Å². The van der Waals surface area contributed by atoms with Crippen molar-refractivity contribution in [3.63, 3.8) is 0 Å². The Morgan fingerprint density at radius 3 is 2.74 bits per heavy atom. The summed E-state index contributed by atoms with van der Waals surface area (Å²) in [6.07, 6.45) is 0. The Balaban J connectivity index is 1.60. The first-order valence-electron chi connectivity index (χ1n) is 7.66. The molecule has 0 N–H and O–H groups in total. The monoisotopic (exact) mass is 328 g/mol. The summed E-state index contributed by atoms with van der Waals surface area (Å²) in [7, 11) is 1.66. The minimum atomic E-state index is 0.630. The first kappa shape index (κ1) is 15.7. The lowest BCUT2D eigenvalue weighted by Crippen LogP contribution is -2.02. The van der Waals surface area contributed by atoms with Gasteiger partial charge in [0.15, 0.2) is 5.16 Å². The highest BCUT2D eigenvalue weighted by molar-refractivity contribution is 7.99. The first-order valence-corrected chi connectivity index (χ1v) is 8.65. The number of aromatic nitrogens is 2. The van der Waals surface area contributed by atoms with Crippen LogP contribution in [0, 0.1) is 0 Å². The molecule has 3 aromatic rings. The zero-order chi connectivity index (χ0) is 16.1. The maximum Gasteiger partial charge on any atom is 0.169 e. The summed E-state index contributed by atoms with van der Waals surface area (Å²) in [4.78, 5) is 4.71. The number of hydrogen-bond acceptors (Lipinski definition) is 4. The molecule has 23 heavy (non-hydrogen) atoms. The Hall–Kier alpha value is -2.14. The molecule has 0 fully saturated rings. The fourth-order valence-corrected chi connectivity index (χ4v) is 3.35. The van der Waals surface area contributed by atoms with Crippen molar-refractivity contribution in [2.45, 2.75) is 18.6 Å². The van der Waals surface area contributed by atoms with Crippen LogP contribution in [-0.2, 0) is 6.54 Å². The summed E-state index contributed by atoms with van der Waals surface area (Å²) in [5.41, 5.74) is 2.23. The molecule has 0 aliphatic carbocycles. The minimum absolute atomic E-state index is 0.630. The van der Waals surface area contributed by atoms with Crippen LogP contribution in [0.3, 0.4) is 0 Å². The van der Waals surface area contributed by atoms with Crippen LogP contribution >= 0.6 is 11.8 Å². The van der Waals surface area contributed by atoms with Gasteiger partial charge in [0, 0.05) is 18.4 Å². The van der Waals surface area contributed by atoms with Crippen molar-refractivity contribution in [2.24, 2.45) is 0 Å². The second kappa shape index (κ2) is 7.42. The van der Waals surface area contributed by atoms with Crippen molar-refractivity contribution in [1.82, 2.24) is 9.55 Å². The second-order valence-electron chi connectivity index (χ2n) is 5.00. The molecule has 4 nitrogen and oxygen atoms in total. The lowest BCUT2D eigenvalue weighted by molar-refractivity contribution is 0.339. The number of para-hydroxylation sites is 2. The lowest BCUT2D eigenvalue weighted by atomic mass is 10.3. The molecular weight excluding hydrogens is 308 g/mol. The van der Waals surface area contributed by atoms with E-state index in [1.54, 1.807) is 18.9 Å². The number of ether oxygens (including phenoxy) is 2. The molecule has 0 radical (unpaired) electrons. The third-order valence-corrected chi connectivity index (χ3v) is 4.50. The SMILES string of the molecule is CCn1c(SCCOc2cccc(OC)c2)nc2ccccc21. The predicted molar refractivity (Wildman–Crippen MR) is 94.6 cm³/mol. The van der Waals surface area contributed by atoms with Crippen LogP contribution in [0.4, 0.5) is 0 Å². The molecule has 1 heterocycles. The van der Waals surface area contributed by atoms with Crippen LogP contribution in [0.5, 0.6) is 11.5 Å². The standard InChI is InChI=1S/C18H20N2O2S/c1-3-20-17-10-5-4-9-16(17)19-18(20)23-12-11-22-15-8-6-7-14(13-15)21-2/h4-10,13H,3,11-12H2,1-2H3. The van der Waals surface area contributed by atoms with E-state index in [1.807, 2.05) is 30.3 Å². The molecule has 3 rings (SSSR count). The van der Waals surface area contributed by atoms with Gasteiger partial charge in [0.2, 0.25) is 0 Å². The molecule has 0 bridgehead atoms.